The van der Waals surface area contributed by atoms with Crippen molar-refractivity contribution in [2.45, 2.75) is 27.3 Å². The molecule has 6 nitrogen and oxygen atoms in total. The highest BCUT2D eigenvalue weighted by Crippen LogP contribution is 2.32. The number of likely N-dealkylation sites (N-methyl/N-ethyl adjacent to an activating group) is 1. The highest BCUT2D eigenvalue weighted by Gasteiger charge is 2.18. The third kappa shape index (κ3) is 4.11. The molecule has 3 aromatic heterocycles. The Morgan fingerprint density at radius 1 is 1.17 bits per heavy atom. The number of hydrogen-bond acceptors (Lipinski definition) is 6. The Kier molecular flexibility index (Phi) is 5.52. The number of hydrogen-bond donors (Lipinski definition) is 1. The zero-order valence-electron chi connectivity index (χ0n) is 17.5. The molecule has 1 saturated heterocycles. The van der Waals surface area contributed by atoms with Gasteiger partial charge in [0.25, 0.3) is 5.91 Å². The number of thiophene rings is 1. The second-order valence-electron chi connectivity index (χ2n) is 7.81. The summed E-state index contributed by atoms with van der Waals surface area (Å²) in [6.07, 6.45) is 1.86. The average molecular weight is 410 g/mol. The molecule has 7 heteroatoms. The Bertz CT molecular complexity index is 1040. The van der Waals surface area contributed by atoms with Gasteiger partial charge in [-0.1, -0.05) is 6.07 Å². The van der Waals surface area contributed by atoms with Gasteiger partial charge in [-0.2, -0.15) is 0 Å². The highest BCUT2D eigenvalue weighted by atomic mass is 32.1. The van der Waals surface area contributed by atoms with Gasteiger partial charge in [-0.05, 0) is 56.6 Å². The summed E-state index contributed by atoms with van der Waals surface area (Å²) in [5.41, 5.74) is 4.16. The monoisotopic (exact) mass is 409 g/mol. The predicted molar refractivity (Wildman–Crippen MR) is 119 cm³/mol. The van der Waals surface area contributed by atoms with Gasteiger partial charge >= 0.3 is 0 Å². The summed E-state index contributed by atoms with van der Waals surface area (Å²) in [7, 11) is 2.15. The second-order valence-corrected chi connectivity index (χ2v) is 8.81. The second kappa shape index (κ2) is 8.08. The van der Waals surface area contributed by atoms with Crippen LogP contribution in [0.4, 0.5) is 5.82 Å². The molecule has 0 bridgehead atoms. The summed E-state index contributed by atoms with van der Waals surface area (Å²) in [6, 6.07) is 6.17. The molecule has 3 aromatic rings. The van der Waals surface area contributed by atoms with Crippen LogP contribution < -0.4 is 10.2 Å². The van der Waals surface area contributed by atoms with Crippen LogP contribution in [0.1, 0.15) is 32.1 Å². The number of aromatic nitrogens is 2. The Morgan fingerprint density at radius 2 is 1.93 bits per heavy atom. The SMILES string of the molecule is Cc1cc(C)c2c(C)c(C(=O)NCc3ccc(N4CCN(C)CC4)nc3)sc2n1. The van der Waals surface area contributed by atoms with E-state index in [-0.39, 0.29) is 5.91 Å². The minimum absolute atomic E-state index is 0.0503. The van der Waals surface area contributed by atoms with Gasteiger partial charge in [0.1, 0.15) is 10.6 Å². The lowest BCUT2D eigenvalue weighted by Crippen LogP contribution is -2.44. The van der Waals surface area contributed by atoms with E-state index in [1.807, 2.05) is 32.2 Å². The lowest BCUT2D eigenvalue weighted by atomic mass is 10.1. The van der Waals surface area contributed by atoms with Crippen molar-refractivity contribution in [3.63, 3.8) is 0 Å². The first-order valence-corrected chi connectivity index (χ1v) is 10.8. The van der Waals surface area contributed by atoms with Crippen LogP contribution >= 0.6 is 11.3 Å². The summed E-state index contributed by atoms with van der Waals surface area (Å²) in [6.45, 7) is 10.6. The maximum Gasteiger partial charge on any atom is 0.261 e. The Hall–Kier alpha value is -2.51. The summed E-state index contributed by atoms with van der Waals surface area (Å²) >= 11 is 1.47. The molecule has 0 saturated carbocycles. The van der Waals surface area contributed by atoms with Gasteiger partial charge in [0, 0.05) is 50.0 Å². The fourth-order valence-corrected chi connectivity index (χ4v) is 5.06. The van der Waals surface area contributed by atoms with Gasteiger partial charge in [0.15, 0.2) is 0 Å². The van der Waals surface area contributed by atoms with Crippen LogP contribution in [0.2, 0.25) is 0 Å². The van der Waals surface area contributed by atoms with E-state index in [1.54, 1.807) is 0 Å². The molecular formula is C22H27N5OS. The third-order valence-corrected chi connectivity index (χ3v) is 6.71. The van der Waals surface area contributed by atoms with E-state index < -0.39 is 0 Å². The number of pyridine rings is 2. The number of nitrogens with zero attached hydrogens (tertiary/aromatic N) is 4. The van der Waals surface area contributed by atoms with Crippen molar-refractivity contribution in [3.05, 3.63) is 51.7 Å². The van der Waals surface area contributed by atoms with Gasteiger partial charge in [0.2, 0.25) is 0 Å². The van der Waals surface area contributed by atoms with Crippen molar-refractivity contribution in [3.8, 4) is 0 Å². The molecule has 0 aliphatic carbocycles. The van der Waals surface area contributed by atoms with Crippen LogP contribution in [0, 0.1) is 20.8 Å². The van der Waals surface area contributed by atoms with Crippen molar-refractivity contribution in [2.75, 3.05) is 38.1 Å². The summed E-state index contributed by atoms with van der Waals surface area (Å²) < 4.78 is 0. The molecule has 1 aliphatic rings. The van der Waals surface area contributed by atoms with E-state index in [9.17, 15) is 4.79 Å². The van der Waals surface area contributed by atoms with E-state index >= 15 is 0 Å². The number of piperazine rings is 1. The smallest absolute Gasteiger partial charge is 0.261 e. The van der Waals surface area contributed by atoms with E-state index in [0.717, 1.165) is 63.9 Å². The minimum Gasteiger partial charge on any atom is -0.354 e. The Labute approximate surface area is 175 Å². The molecule has 1 N–H and O–H groups in total. The molecule has 152 valence electrons. The number of nitrogens with one attached hydrogen (secondary N) is 1. The van der Waals surface area contributed by atoms with Gasteiger partial charge in [-0.25, -0.2) is 9.97 Å². The van der Waals surface area contributed by atoms with Crippen LogP contribution in [0.3, 0.4) is 0 Å². The van der Waals surface area contributed by atoms with Crippen molar-refractivity contribution in [1.29, 1.82) is 0 Å². The predicted octanol–water partition coefficient (Wildman–Crippen LogP) is 3.30. The molecule has 1 fully saturated rings. The van der Waals surface area contributed by atoms with Crippen molar-refractivity contribution in [2.24, 2.45) is 0 Å². The number of carbonyl (C=O) groups excluding carboxylic acids is 1. The van der Waals surface area contributed by atoms with Gasteiger partial charge in [-0.15, -0.1) is 11.3 Å². The zero-order chi connectivity index (χ0) is 20.5. The van der Waals surface area contributed by atoms with Crippen LogP contribution in [0.5, 0.6) is 0 Å². The maximum atomic E-state index is 12.8. The molecule has 4 rings (SSSR count). The van der Waals surface area contributed by atoms with Crippen molar-refractivity contribution < 1.29 is 4.79 Å². The van der Waals surface area contributed by atoms with E-state index in [1.165, 1.54) is 16.9 Å². The zero-order valence-corrected chi connectivity index (χ0v) is 18.3. The first-order chi connectivity index (χ1) is 13.9. The maximum absolute atomic E-state index is 12.8. The molecule has 4 heterocycles. The molecular weight excluding hydrogens is 382 g/mol. The number of fused-ring (bicyclic) bond motifs is 1. The lowest BCUT2D eigenvalue weighted by molar-refractivity contribution is 0.0954. The first-order valence-electron chi connectivity index (χ1n) is 9.96. The minimum atomic E-state index is -0.0503. The fourth-order valence-electron chi connectivity index (χ4n) is 3.84. The first kappa shape index (κ1) is 19.8. The number of rotatable bonds is 4. The normalized spacial score (nSPS) is 15.1. The fraction of sp³-hybridized carbons (Fsp3) is 0.409. The van der Waals surface area contributed by atoms with Crippen LogP contribution in [0.25, 0.3) is 10.2 Å². The average Bonchev–Trinajstić information content (AvgIpc) is 3.03. The largest absolute Gasteiger partial charge is 0.354 e. The van der Waals surface area contributed by atoms with E-state index in [0.29, 0.717) is 6.54 Å². The standard InChI is InChI=1S/C22H27N5OS/c1-14-11-15(2)25-22-19(14)16(3)20(29-22)21(28)24-13-17-5-6-18(23-12-17)27-9-7-26(4)8-10-27/h5-6,11-12H,7-10,13H2,1-4H3,(H,24,28). The summed E-state index contributed by atoms with van der Waals surface area (Å²) in [4.78, 5) is 28.3. The topological polar surface area (TPSA) is 61.4 Å². The van der Waals surface area contributed by atoms with Gasteiger partial charge in [-0.3, -0.25) is 4.79 Å². The Balaban J connectivity index is 1.43. The van der Waals surface area contributed by atoms with Gasteiger partial charge < -0.3 is 15.1 Å². The number of anilines is 1. The van der Waals surface area contributed by atoms with E-state index in [4.69, 9.17) is 0 Å². The molecule has 1 aliphatic heterocycles. The number of carbonyl (C=O) groups is 1. The third-order valence-electron chi connectivity index (χ3n) is 5.52. The van der Waals surface area contributed by atoms with Crippen molar-refractivity contribution >= 4 is 33.3 Å². The summed E-state index contributed by atoms with van der Waals surface area (Å²) in [5.74, 6) is 0.955. The van der Waals surface area contributed by atoms with Crippen LogP contribution in [-0.2, 0) is 6.54 Å². The van der Waals surface area contributed by atoms with Crippen LogP contribution in [-0.4, -0.2) is 54.0 Å². The molecule has 0 spiro atoms. The number of amides is 1. The number of aryl methyl sites for hydroxylation is 3. The molecule has 0 unspecified atom stereocenters. The van der Waals surface area contributed by atoms with Crippen LogP contribution in [0.15, 0.2) is 24.4 Å². The van der Waals surface area contributed by atoms with Gasteiger partial charge in [0.05, 0.1) is 4.88 Å². The highest BCUT2D eigenvalue weighted by molar-refractivity contribution is 7.20. The van der Waals surface area contributed by atoms with E-state index in [2.05, 4.69) is 45.1 Å². The van der Waals surface area contributed by atoms with Crippen molar-refractivity contribution in [1.82, 2.24) is 20.2 Å². The molecule has 1 amide bonds. The lowest BCUT2D eigenvalue weighted by Gasteiger charge is -2.33. The molecule has 0 radical (unpaired) electrons. The molecule has 0 aromatic carbocycles. The molecule has 29 heavy (non-hydrogen) atoms. The summed E-state index contributed by atoms with van der Waals surface area (Å²) in [5, 5.41) is 4.14. The quantitative estimate of drug-likeness (QED) is 0.716. The molecule has 0 atom stereocenters. The Morgan fingerprint density at radius 3 is 2.62 bits per heavy atom.